The van der Waals surface area contributed by atoms with Crippen LogP contribution in [0.4, 0.5) is 0 Å². The van der Waals surface area contributed by atoms with E-state index < -0.39 is 11.9 Å². The normalized spacial score (nSPS) is 13.4. The maximum atomic E-state index is 11.1. The molecule has 0 spiro atoms. The number of aryl methyl sites for hydroxylation is 1. The lowest BCUT2D eigenvalue weighted by atomic mass is 9.82. The van der Waals surface area contributed by atoms with Gasteiger partial charge in [-0.2, -0.15) is 0 Å². The monoisotopic (exact) mass is 250 g/mol. The van der Waals surface area contributed by atoms with Crippen molar-refractivity contribution < 1.29 is 15.0 Å². The lowest BCUT2D eigenvalue weighted by Gasteiger charge is -2.24. The van der Waals surface area contributed by atoms with E-state index in [0.29, 0.717) is 5.56 Å². The summed E-state index contributed by atoms with van der Waals surface area (Å²) in [6, 6.07) is 3.76. The number of hydrogen-bond donors (Lipinski definition) is 2. The van der Waals surface area contributed by atoms with Gasteiger partial charge in [-0.3, -0.25) is 4.79 Å². The minimum atomic E-state index is -0.918. The predicted octanol–water partition coefficient (Wildman–Crippen LogP) is 3.44. The predicted molar refractivity (Wildman–Crippen MR) is 72.2 cm³/mol. The van der Waals surface area contributed by atoms with Gasteiger partial charge in [0.15, 0.2) is 0 Å². The molecule has 1 atom stereocenters. The molecular weight excluding hydrogens is 228 g/mol. The molecule has 0 heterocycles. The zero-order valence-corrected chi connectivity index (χ0v) is 11.7. The first kappa shape index (κ1) is 14.6. The number of carbonyl (C=O) groups is 1. The molecule has 100 valence electrons. The summed E-state index contributed by atoms with van der Waals surface area (Å²) in [6.07, 6.45) is 0.822. The number of aromatic hydroxyl groups is 1. The molecule has 0 saturated heterocycles. The van der Waals surface area contributed by atoms with E-state index in [1.165, 1.54) is 0 Å². The molecule has 0 aliphatic heterocycles. The highest BCUT2D eigenvalue weighted by Crippen LogP contribution is 2.37. The topological polar surface area (TPSA) is 57.5 Å². The third kappa shape index (κ3) is 2.84. The van der Waals surface area contributed by atoms with Crippen molar-refractivity contribution in [1.82, 2.24) is 0 Å². The molecule has 0 aliphatic carbocycles. The van der Waals surface area contributed by atoms with Crippen LogP contribution in [0.5, 0.6) is 5.75 Å². The van der Waals surface area contributed by atoms with Crippen LogP contribution in [-0.4, -0.2) is 16.2 Å². The van der Waals surface area contributed by atoms with Gasteiger partial charge in [0.05, 0.1) is 5.92 Å². The van der Waals surface area contributed by atoms with Crippen LogP contribution in [0.3, 0.4) is 0 Å². The molecule has 3 heteroatoms. The largest absolute Gasteiger partial charge is 0.507 e. The number of carboxylic acid groups (broad SMARTS) is 1. The third-order valence-corrected chi connectivity index (χ3v) is 3.25. The standard InChI is InChI=1S/C15H22O3/c1-6-10-7-11(9(2)14(17)18)13(16)12(8-10)15(3,4)5/h7-9,16H,6H2,1-5H3,(H,17,18). The summed E-state index contributed by atoms with van der Waals surface area (Å²) in [5.74, 6) is -1.49. The molecule has 1 rings (SSSR count). The molecule has 0 saturated carbocycles. The average Bonchev–Trinajstić information content (AvgIpc) is 2.26. The van der Waals surface area contributed by atoms with Gasteiger partial charge in [0.25, 0.3) is 0 Å². The summed E-state index contributed by atoms with van der Waals surface area (Å²) in [5, 5.41) is 19.4. The zero-order chi connectivity index (χ0) is 14.1. The minimum absolute atomic E-state index is 0.120. The van der Waals surface area contributed by atoms with Gasteiger partial charge in [-0.15, -0.1) is 0 Å². The quantitative estimate of drug-likeness (QED) is 0.864. The molecular formula is C15H22O3. The molecule has 1 unspecified atom stereocenters. The molecule has 1 aromatic carbocycles. The fourth-order valence-electron chi connectivity index (χ4n) is 1.96. The summed E-state index contributed by atoms with van der Waals surface area (Å²) < 4.78 is 0. The van der Waals surface area contributed by atoms with Gasteiger partial charge in [0.2, 0.25) is 0 Å². The van der Waals surface area contributed by atoms with Gasteiger partial charge in [0, 0.05) is 5.56 Å². The number of phenols is 1. The molecule has 2 N–H and O–H groups in total. The van der Waals surface area contributed by atoms with Crippen molar-refractivity contribution in [3.8, 4) is 5.75 Å². The lowest BCUT2D eigenvalue weighted by molar-refractivity contribution is -0.138. The Labute approximate surface area is 108 Å². The number of carboxylic acids is 1. The van der Waals surface area contributed by atoms with Crippen LogP contribution in [0.2, 0.25) is 0 Å². The van der Waals surface area contributed by atoms with Crippen molar-refractivity contribution in [3.05, 3.63) is 28.8 Å². The molecule has 18 heavy (non-hydrogen) atoms. The van der Waals surface area contributed by atoms with E-state index in [1.807, 2.05) is 33.8 Å². The lowest BCUT2D eigenvalue weighted by Crippen LogP contribution is -2.15. The second kappa shape index (κ2) is 5.01. The Balaban J connectivity index is 3.48. The van der Waals surface area contributed by atoms with E-state index in [1.54, 1.807) is 13.0 Å². The fraction of sp³-hybridized carbons (Fsp3) is 0.533. The van der Waals surface area contributed by atoms with Crippen molar-refractivity contribution in [2.45, 2.75) is 52.4 Å². The van der Waals surface area contributed by atoms with Gasteiger partial charge >= 0.3 is 5.97 Å². The number of rotatable bonds is 3. The highest BCUT2D eigenvalue weighted by Gasteiger charge is 2.25. The van der Waals surface area contributed by atoms with E-state index in [-0.39, 0.29) is 11.2 Å². The Morgan fingerprint density at radius 2 is 1.89 bits per heavy atom. The second-order valence-electron chi connectivity index (χ2n) is 5.74. The van der Waals surface area contributed by atoms with Crippen LogP contribution >= 0.6 is 0 Å². The van der Waals surface area contributed by atoms with E-state index in [9.17, 15) is 9.90 Å². The second-order valence-corrected chi connectivity index (χ2v) is 5.74. The zero-order valence-electron chi connectivity index (χ0n) is 11.7. The Morgan fingerprint density at radius 3 is 2.28 bits per heavy atom. The minimum Gasteiger partial charge on any atom is -0.507 e. The van der Waals surface area contributed by atoms with E-state index >= 15 is 0 Å². The van der Waals surface area contributed by atoms with E-state index in [4.69, 9.17) is 5.11 Å². The number of aliphatic carboxylic acids is 1. The fourth-order valence-corrected chi connectivity index (χ4v) is 1.96. The third-order valence-electron chi connectivity index (χ3n) is 3.25. The molecule has 0 aromatic heterocycles. The van der Waals surface area contributed by atoms with Gasteiger partial charge in [-0.05, 0) is 29.9 Å². The summed E-state index contributed by atoms with van der Waals surface area (Å²) in [7, 11) is 0. The van der Waals surface area contributed by atoms with Crippen LogP contribution in [-0.2, 0) is 16.6 Å². The number of hydrogen-bond acceptors (Lipinski definition) is 2. The van der Waals surface area contributed by atoms with Crippen molar-refractivity contribution in [1.29, 1.82) is 0 Å². The van der Waals surface area contributed by atoms with Gasteiger partial charge in [-0.1, -0.05) is 39.8 Å². The average molecular weight is 250 g/mol. The molecule has 0 amide bonds. The van der Waals surface area contributed by atoms with Crippen LogP contribution in [0.25, 0.3) is 0 Å². The molecule has 0 bridgehead atoms. The maximum absolute atomic E-state index is 11.1. The first-order chi connectivity index (χ1) is 8.18. The van der Waals surface area contributed by atoms with Crippen molar-refractivity contribution in [2.75, 3.05) is 0 Å². The maximum Gasteiger partial charge on any atom is 0.310 e. The molecule has 0 fully saturated rings. The Kier molecular flexibility index (Phi) is 4.05. The van der Waals surface area contributed by atoms with Crippen molar-refractivity contribution in [2.24, 2.45) is 0 Å². The van der Waals surface area contributed by atoms with E-state index in [0.717, 1.165) is 17.5 Å². The first-order valence-corrected chi connectivity index (χ1v) is 6.27. The number of benzene rings is 1. The van der Waals surface area contributed by atoms with E-state index in [2.05, 4.69) is 0 Å². The van der Waals surface area contributed by atoms with Crippen LogP contribution in [0.15, 0.2) is 12.1 Å². The number of phenolic OH excluding ortho intramolecular Hbond substituents is 1. The van der Waals surface area contributed by atoms with Crippen LogP contribution in [0.1, 0.15) is 57.2 Å². The summed E-state index contributed by atoms with van der Waals surface area (Å²) in [6.45, 7) is 9.65. The highest BCUT2D eigenvalue weighted by molar-refractivity contribution is 5.77. The SMILES string of the molecule is CCc1cc(C(C)C(=O)O)c(O)c(C(C)(C)C)c1. The summed E-state index contributed by atoms with van der Waals surface area (Å²) >= 11 is 0. The molecule has 0 radical (unpaired) electrons. The van der Waals surface area contributed by atoms with Gasteiger partial charge < -0.3 is 10.2 Å². The summed E-state index contributed by atoms with van der Waals surface area (Å²) in [5.41, 5.74) is 2.17. The van der Waals surface area contributed by atoms with Crippen LogP contribution < -0.4 is 0 Å². The molecule has 3 nitrogen and oxygen atoms in total. The Morgan fingerprint density at radius 1 is 1.33 bits per heavy atom. The summed E-state index contributed by atoms with van der Waals surface area (Å²) in [4.78, 5) is 11.1. The van der Waals surface area contributed by atoms with Crippen molar-refractivity contribution in [3.63, 3.8) is 0 Å². The molecule has 0 aliphatic rings. The van der Waals surface area contributed by atoms with Gasteiger partial charge in [-0.25, -0.2) is 0 Å². The Bertz CT molecular complexity index is 456. The molecule has 1 aromatic rings. The highest BCUT2D eigenvalue weighted by atomic mass is 16.4. The smallest absolute Gasteiger partial charge is 0.310 e. The van der Waals surface area contributed by atoms with Gasteiger partial charge in [0.1, 0.15) is 5.75 Å². The van der Waals surface area contributed by atoms with Crippen molar-refractivity contribution >= 4 is 5.97 Å². The first-order valence-electron chi connectivity index (χ1n) is 6.27. The van der Waals surface area contributed by atoms with Crippen LogP contribution in [0, 0.1) is 0 Å². The Hall–Kier alpha value is -1.51.